The van der Waals surface area contributed by atoms with E-state index in [4.69, 9.17) is 9.47 Å². The van der Waals surface area contributed by atoms with E-state index in [1.54, 1.807) is 38.7 Å². The van der Waals surface area contributed by atoms with E-state index in [9.17, 15) is 4.79 Å². The van der Waals surface area contributed by atoms with Crippen LogP contribution >= 0.6 is 11.3 Å². The molecule has 0 atom stereocenters. The number of aromatic nitrogens is 2. The number of anilines is 2. The first kappa shape index (κ1) is 20.4. The minimum Gasteiger partial charge on any atom is -0.493 e. The summed E-state index contributed by atoms with van der Waals surface area (Å²) >= 11 is 1.53. The Morgan fingerprint density at radius 3 is 2.50 bits per heavy atom. The number of carbonyl (C=O) groups is 1. The van der Waals surface area contributed by atoms with E-state index < -0.39 is 0 Å². The molecule has 3 aromatic rings. The third kappa shape index (κ3) is 3.92. The Balaban J connectivity index is 1.71. The molecule has 0 saturated carbocycles. The zero-order valence-electron chi connectivity index (χ0n) is 17.5. The molecule has 7 nitrogen and oxygen atoms in total. The van der Waals surface area contributed by atoms with E-state index in [1.807, 2.05) is 6.92 Å². The second kappa shape index (κ2) is 8.87. The van der Waals surface area contributed by atoms with Crippen molar-refractivity contribution in [3.63, 3.8) is 0 Å². The molecule has 0 spiro atoms. The highest BCUT2D eigenvalue weighted by atomic mass is 32.1. The maximum absolute atomic E-state index is 13.3. The highest BCUT2D eigenvalue weighted by molar-refractivity contribution is 7.19. The van der Waals surface area contributed by atoms with Crippen molar-refractivity contribution >= 4 is 39.0 Å². The Bertz CT molecular complexity index is 1060. The lowest BCUT2D eigenvalue weighted by Gasteiger charge is -2.22. The first-order valence-electron chi connectivity index (χ1n) is 10.1. The van der Waals surface area contributed by atoms with Crippen molar-refractivity contribution in [2.75, 3.05) is 37.5 Å². The van der Waals surface area contributed by atoms with E-state index in [2.05, 4.69) is 20.2 Å². The van der Waals surface area contributed by atoms with Gasteiger partial charge in [0.1, 0.15) is 17.0 Å². The Labute approximate surface area is 180 Å². The molecule has 1 N–H and O–H groups in total. The van der Waals surface area contributed by atoms with E-state index in [-0.39, 0.29) is 5.91 Å². The van der Waals surface area contributed by atoms with Crippen LogP contribution in [0.1, 0.15) is 40.9 Å². The van der Waals surface area contributed by atoms with E-state index in [1.165, 1.54) is 24.2 Å². The van der Waals surface area contributed by atoms with Crippen molar-refractivity contribution < 1.29 is 14.3 Å². The maximum Gasteiger partial charge on any atom is 0.257 e. The number of ether oxygens (including phenoxy) is 2. The summed E-state index contributed by atoms with van der Waals surface area (Å²) in [6, 6.07) is 5.33. The van der Waals surface area contributed by atoms with Gasteiger partial charge in [0, 0.05) is 29.7 Å². The van der Waals surface area contributed by atoms with Gasteiger partial charge in [-0.2, -0.15) is 0 Å². The zero-order valence-corrected chi connectivity index (χ0v) is 18.3. The van der Waals surface area contributed by atoms with Gasteiger partial charge in [-0.1, -0.05) is 12.8 Å². The summed E-state index contributed by atoms with van der Waals surface area (Å²) in [5, 5.41) is 3.85. The normalized spacial score (nSPS) is 14.4. The molecule has 0 radical (unpaired) electrons. The van der Waals surface area contributed by atoms with Crippen molar-refractivity contribution in [3.05, 3.63) is 35.0 Å². The number of hydrogen-bond donors (Lipinski definition) is 1. The number of carbonyl (C=O) groups excluding carboxylic acids is 1. The Morgan fingerprint density at radius 1 is 1.07 bits per heavy atom. The number of nitrogens with one attached hydrogen (secondary N) is 1. The van der Waals surface area contributed by atoms with Crippen LogP contribution in [0.4, 0.5) is 11.5 Å². The van der Waals surface area contributed by atoms with Crippen LogP contribution in [-0.4, -0.2) is 43.2 Å². The molecular formula is C22H26N4O3S. The number of amides is 1. The highest BCUT2D eigenvalue weighted by Crippen LogP contribution is 2.37. The lowest BCUT2D eigenvalue weighted by Crippen LogP contribution is -2.25. The number of benzene rings is 1. The standard InChI is InChI=1S/C22H26N4O3S/c1-14-18(21(27)25-15-8-9-16(28-2)17(12-15)29-3)19-20(23-13-24-22(19)30-14)26-10-6-4-5-7-11-26/h8-9,12-13H,4-7,10-11H2,1-3H3,(H,25,27). The molecule has 1 amide bonds. The summed E-state index contributed by atoms with van der Waals surface area (Å²) in [7, 11) is 3.16. The average Bonchev–Trinajstić information content (AvgIpc) is 2.91. The maximum atomic E-state index is 13.3. The smallest absolute Gasteiger partial charge is 0.257 e. The molecular weight excluding hydrogens is 400 g/mol. The molecule has 0 unspecified atom stereocenters. The minimum absolute atomic E-state index is 0.170. The van der Waals surface area contributed by atoms with E-state index in [0.29, 0.717) is 22.7 Å². The SMILES string of the molecule is COc1ccc(NC(=O)c2c(C)sc3ncnc(N4CCCCCC4)c23)cc1OC. The molecule has 30 heavy (non-hydrogen) atoms. The number of hydrogen-bond acceptors (Lipinski definition) is 7. The lowest BCUT2D eigenvalue weighted by atomic mass is 10.1. The summed E-state index contributed by atoms with van der Waals surface area (Å²) < 4.78 is 10.6. The molecule has 158 valence electrons. The van der Waals surface area contributed by atoms with Gasteiger partial charge < -0.3 is 19.7 Å². The molecule has 4 rings (SSSR count). The van der Waals surface area contributed by atoms with E-state index >= 15 is 0 Å². The van der Waals surface area contributed by atoms with Gasteiger partial charge in [-0.15, -0.1) is 11.3 Å². The molecule has 1 aliphatic rings. The van der Waals surface area contributed by atoms with Crippen LogP contribution in [0, 0.1) is 6.92 Å². The van der Waals surface area contributed by atoms with Gasteiger partial charge in [0.05, 0.1) is 25.2 Å². The van der Waals surface area contributed by atoms with Crippen molar-refractivity contribution in [2.24, 2.45) is 0 Å². The van der Waals surface area contributed by atoms with Gasteiger partial charge in [0.15, 0.2) is 11.5 Å². The number of rotatable bonds is 5. The fraction of sp³-hybridized carbons (Fsp3) is 0.409. The molecule has 3 heterocycles. The molecule has 0 bridgehead atoms. The Hall–Kier alpha value is -2.87. The molecule has 1 aliphatic heterocycles. The fourth-order valence-electron chi connectivity index (χ4n) is 3.93. The predicted octanol–water partition coefficient (Wildman–Crippen LogP) is 4.65. The van der Waals surface area contributed by atoms with Gasteiger partial charge in [-0.3, -0.25) is 4.79 Å². The first-order chi connectivity index (χ1) is 14.6. The van der Waals surface area contributed by atoms with Crippen LogP contribution in [0.5, 0.6) is 11.5 Å². The Kier molecular flexibility index (Phi) is 6.03. The number of methoxy groups -OCH3 is 2. The topological polar surface area (TPSA) is 76.6 Å². The van der Waals surface area contributed by atoms with Crippen LogP contribution in [0.3, 0.4) is 0 Å². The van der Waals surface area contributed by atoms with Crippen LogP contribution in [0.2, 0.25) is 0 Å². The summed E-state index contributed by atoms with van der Waals surface area (Å²) in [6.45, 7) is 3.87. The molecule has 1 saturated heterocycles. The molecule has 1 fully saturated rings. The second-order valence-electron chi connectivity index (χ2n) is 7.34. The van der Waals surface area contributed by atoms with E-state index in [0.717, 1.165) is 46.8 Å². The molecule has 0 aliphatic carbocycles. The van der Waals surface area contributed by atoms with Crippen LogP contribution in [-0.2, 0) is 0 Å². The molecule has 2 aromatic heterocycles. The fourth-order valence-corrected chi connectivity index (χ4v) is 4.91. The van der Waals surface area contributed by atoms with Gasteiger partial charge in [0.2, 0.25) is 0 Å². The highest BCUT2D eigenvalue weighted by Gasteiger charge is 2.24. The first-order valence-corrected chi connectivity index (χ1v) is 11.0. The minimum atomic E-state index is -0.170. The van der Waals surface area contributed by atoms with Crippen molar-refractivity contribution in [2.45, 2.75) is 32.6 Å². The summed E-state index contributed by atoms with van der Waals surface area (Å²) in [5.74, 6) is 1.88. The quantitative estimate of drug-likeness (QED) is 0.640. The third-order valence-electron chi connectivity index (χ3n) is 5.42. The van der Waals surface area contributed by atoms with Gasteiger partial charge in [-0.25, -0.2) is 9.97 Å². The van der Waals surface area contributed by atoms with Gasteiger partial charge >= 0.3 is 0 Å². The Morgan fingerprint density at radius 2 is 1.80 bits per heavy atom. The second-order valence-corrected chi connectivity index (χ2v) is 8.54. The number of thiophene rings is 1. The molecule has 1 aromatic carbocycles. The number of nitrogens with zero attached hydrogens (tertiary/aromatic N) is 3. The lowest BCUT2D eigenvalue weighted by molar-refractivity contribution is 0.102. The van der Waals surface area contributed by atoms with Crippen LogP contribution < -0.4 is 19.7 Å². The van der Waals surface area contributed by atoms with Crippen molar-refractivity contribution in [1.29, 1.82) is 0 Å². The third-order valence-corrected chi connectivity index (χ3v) is 6.43. The summed E-state index contributed by atoms with van der Waals surface area (Å²) in [5.41, 5.74) is 1.29. The van der Waals surface area contributed by atoms with Gasteiger partial charge in [-0.05, 0) is 31.9 Å². The number of fused-ring (bicyclic) bond motifs is 1. The predicted molar refractivity (Wildman–Crippen MR) is 120 cm³/mol. The summed E-state index contributed by atoms with van der Waals surface area (Å²) in [6.07, 6.45) is 6.36. The van der Waals surface area contributed by atoms with Crippen molar-refractivity contribution in [3.8, 4) is 11.5 Å². The average molecular weight is 427 g/mol. The monoisotopic (exact) mass is 426 g/mol. The van der Waals surface area contributed by atoms with Crippen molar-refractivity contribution in [1.82, 2.24) is 9.97 Å². The zero-order chi connectivity index (χ0) is 21.1. The summed E-state index contributed by atoms with van der Waals surface area (Å²) in [4.78, 5) is 26.4. The number of aryl methyl sites for hydroxylation is 1. The van der Waals surface area contributed by atoms with Crippen LogP contribution in [0.15, 0.2) is 24.5 Å². The van der Waals surface area contributed by atoms with Gasteiger partial charge in [0.25, 0.3) is 5.91 Å². The molecule has 8 heteroatoms. The van der Waals surface area contributed by atoms with Crippen LogP contribution in [0.25, 0.3) is 10.2 Å². The largest absolute Gasteiger partial charge is 0.493 e.